The first kappa shape index (κ1) is 30.7. The number of hydrogen-bond donors (Lipinski definition) is 4. The average molecular weight is 604 g/mol. The molecular weight excluding hydrogens is 575 g/mol. The zero-order valence-electron chi connectivity index (χ0n) is 21.5. The molecule has 0 unspecified atom stereocenters. The first-order chi connectivity index (χ1) is 18.7. The van der Waals surface area contributed by atoms with Crippen molar-refractivity contribution < 1.29 is 26.9 Å². The Balaban J connectivity index is 0.00000441. The van der Waals surface area contributed by atoms with E-state index in [9.17, 15) is 18.0 Å². The molecule has 2 atom stereocenters. The van der Waals surface area contributed by atoms with E-state index in [-0.39, 0.29) is 18.3 Å². The van der Waals surface area contributed by atoms with Crippen molar-refractivity contribution in [3.63, 3.8) is 0 Å². The fourth-order valence-electron chi connectivity index (χ4n) is 3.77. The number of thiazole rings is 1. The minimum atomic E-state index is -4.15. The van der Waals surface area contributed by atoms with Crippen LogP contribution in [0.25, 0.3) is 9.88 Å². The lowest BCUT2D eigenvalue weighted by Gasteiger charge is -2.23. The van der Waals surface area contributed by atoms with Crippen molar-refractivity contribution in [1.82, 2.24) is 21.8 Å². The van der Waals surface area contributed by atoms with Gasteiger partial charge in [-0.05, 0) is 41.1 Å². The molecule has 2 aromatic carbocycles. The number of carbonyl (C=O) groups is 2. The van der Waals surface area contributed by atoms with Gasteiger partial charge in [0.2, 0.25) is 5.91 Å². The molecule has 40 heavy (non-hydrogen) atoms. The van der Waals surface area contributed by atoms with Crippen LogP contribution >= 0.6 is 22.7 Å². The van der Waals surface area contributed by atoms with Gasteiger partial charge in [0, 0.05) is 11.8 Å². The number of aromatic nitrogens is 1. The summed E-state index contributed by atoms with van der Waals surface area (Å²) in [5, 5.41) is 15.3. The van der Waals surface area contributed by atoms with E-state index in [0.29, 0.717) is 12.1 Å². The molecule has 0 aliphatic carbocycles. The van der Waals surface area contributed by atoms with Crippen molar-refractivity contribution in [3.05, 3.63) is 94.3 Å². The molecule has 0 saturated carbocycles. The molecular formula is C26H29N5O6S3. The van der Waals surface area contributed by atoms with E-state index < -0.39 is 34.4 Å². The van der Waals surface area contributed by atoms with E-state index in [2.05, 4.69) is 10.6 Å². The number of benzene rings is 2. The fourth-order valence-corrected chi connectivity index (χ4v) is 5.84. The maximum atomic E-state index is 13.5. The third kappa shape index (κ3) is 8.86. The van der Waals surface area contributed by atoms with Crippen LogP contribution in [0, 0.1) is 0 Å². The van der Waals surface area contributed by atoms with E-state index in [0.717, 1.165) is 21.0 Å². The molecule has 212 valence electrons. The lowest BCUT2D eigenvalue weighted by atomic mass is 10.0. The lowest BCUT2D eigenvalue weighted by Crippen LogP contribution is -2.49. The van der Waals surface area contributed by atoms with Gasteiger partial charge in [0.05, 0.1) is 23.7 Å². The summed E-state index contributed by atoms with van der Waals surface area (Å²) in [6, 6.07) is 18.1. The van der Waals surface area contributed by atoms with Crippen LogP contribution in [0.5, 0.6) is 5.75 Å². The predicted octanol–water partition coefficient (Wildman–Crippen LogP) is 3.98. The van der Waals surface area contributed by atoms with Crippen LogP contribution in [0.4, 0.5) is 4.79 Å². The first-order valence-corrected chi connectivity index (χ1v) is 14.9. The van der Waals surface area contributed by atoms with Crippen molar-refractivity contribution in [2.75, 3.05) is 7.11 Å². The number of thiophene rings is 1. The summed E-state index contributed by atoms with van der Waals surface area (Å²) in [6.07, 6.45) is -0.126. The molecule has 14 heteroatoms. The quantitative estimate of drug-likeness (QED) is 0.198. The van der Waals surface area contributed by atoms with Crippen LogP contribution in [0.1, 0.15) is 22.9 Å². The van der Waals surface area contributed by atoms with Crippen LogP contribution in [-0.2, 0) is 32.7 Å². The van der Waals surface area contributed by atoms with Crippen LogP contribution in [0.2, 0.25) is 0 Å². The second-order valence-corrected chi connectivity index (χ2v) is 11.4. The van der Waals surface area contributed by atoms with Crippen LogP contribution in [0.3, 0.4) is 0 Å². The van der Waals surface area contributed by atoms with Crippen molar-refractivity contribution in [2.45, 2.75) is 24.9 Å². The number of rotatable bonds is 11. The summed E-state index contributed by atoms with van der Waals surface area (Å²) in [5.41, 5.74) is 2.30. The Morgan fingerprint density at radius 1 is 0.950 bits per heavy atom. The molecule has 4 rings (SSSR count). The number of amides is 2. The fraction of sp³-hybridized carbons (Fsp3) is 0.192. The van der Waals surface area contributed by atoms with E-state index in [1.54, 1.807) is 23.5 Å². The Morgan fingerprint density at radius 3 is 2.27 bits per heavy atom. The monoisotopic (exact) mass is 603 g/mol. The average Bonchev–Trinajstić information content (AvgIpc) is 3.61. The second-order valence-electron chi connectivity index (χ2n) is 8.42. The molecule has 0 saturated heterocycles. The van der Waals surface area contributed by atoms with Gasteiger partial charge in [0.1, 0.15) is 16.8 Å². The number of nitrogens with one attached hydrogen (secondary N) is 2. The molecule has 7 N–H and O–H groups in total. The van der Waals surface area contributed by atoms with Crippen molar-refractivity contribution in [3.8, 4) is 15.6 Å². The van der Waals surface area contributed by atoms with Crippen molar-refractivity contribution >= 4 is 45.0 Å². The van der Waals surface area contributed by atoms with Crippen LogP contribution in [-0.4, -0.2) is 38.6 Å². The van der Waals surface area contributed by atoms with Crippen LogP contribution < -0.4 is 26.1 Å². The molecule has 2 heterocycles. The maximum Gasteiger partial charge on any atom is 0.407 e. The Labute approximate surface area is 240 Å². The van der Waals surface area contributed by atoms with Gasteiger partial charge < -0.3 is 25.7 Å². The zero-order valence-corrected chi connectivity index (χ0v) is 23.9. The van der Waals surface area contributed by atoms with Gasteiger partial charge in [-0.2, -0.15) is 13.6 Å². The molecule has 0 radical (unpaired) electrons. The molecule has 4 aromatic rings. The first-order valence-electron chi connectivity index (χ1n) is 11.7. The number of methoxy groups -OCH3 is 1. The number of alkyl carbamates (subject to hydrolysis) is 1. The van der Waals surface area contributed by atoms with E-state index in [1.807, 2.05) is 53.2 Å². The molecule has 0 aliphatic heterocycles. The number of nitrogens with zero attached hydrogens (tertiary/aromatic N) is 1. The summed E-state index contributed by atoms with van der Waals surface area (Å²) in [7, 11) is -2.91. The molecule has 11 nitrogen and oxygen atoms in total. The Kier molecular flexibility index (Phi) is 10.8. The summed E-state index contributed by atoms with van der Waals surface area (Å²) in [6.45, 7) is 0. The lowest BCUT2D eigenvalue weighted by molar-refractivity contribution is -0.123. The number of hydrogen-bond acceptors (Lipinski definition) is 10. The smallest absolute Gasteiger partial charge is 0.407 e. The number of ether oxygens (including phenoxy) is 1. The normalized spacial score (nSPS) is 12.4. The highest BCUT2D eigenvalue weighted by Gasteiger charge is 2.26. The topological polar surface area (TPSA) is 185 Å². The molecule has 0 fully saturated rings. The van der Waals surface area contributed by atoms with Crippen molar-refractivity contribution in [2.24, 2.45) is 5.14 Å². The van der Waals surface area contributed by atoms with Gasteiger partial charge >= 0.3 is 16.4 Å². The van der Waals surface area contributed by atoms with E-state index in [1.165, 1.54) is 30.6 Å². The van der Waals surface area contributed by atoms with Gasteiger partial charge in [-0.15, -0.1) is 22.7 Å². The van der Waals surface area contributed by atoms with Crippen LogP contribution in [0.15, 0.2) is 77.5 Å². The summed E-state index contributed by atoms with van der Waals surface area (Å²) in [5.74, 6) is -0.338. The molecule has 0 spiro atoms. The summed E-state index contributed by atoms with van der Waals surface area (Å²) < 4.78 is 31.9. The Hall–Kier alpha value is -3.82. The SMILES string of the molecule is COC(=O)N[C@@H](Cc1ccccc1)C(=O)N[C@@H](Cc1ccc(OS(N)(=O)=O)cc1)c1csc(-c2cccs2)n1.N. The number of nitrogens with two attached hydrogens (primary N) is 1. The maximum absolute atomic E-state index is 13.5. The van der Waals surface area contributed by atoms with E-state index >= 15 is 0 Å². The molecule has 2 amide bonds. The van der Waals surface area contributed by atoms with Gasteiger partial charge in [-0.25, -0.2) is 9.78 Å². The van der Waals surface area contributed by atoms with Gasteiger partial charge in [0.15, 0.2) is 0 Å². The van der Waals surface area contributed by atoms with Gasteiger partial charge in [0.25, 0.3) is 0 Å². The van der Waals surface area contributed by atoms with Gasteiger partial charge in [-0.1, -0.05) is 48.5 Å². The standard InChI is InChI=1S/C26H26N4O6S3.H3N/c1-35-26(32)30-21(15-17-6-3-2-4-7-17)24(31)28-20(22-16-38-25(29-22)23-8-5-13-37-23)14-18-9-11-19(12-10-18)36-39(27,33)34;/h2-13,16,20-21H,14-15H2,1H3,(H,28,31)(H,30,32)(H2,27,33,34);1H3/t20-,21-;/m0./s1. The second kappa shape index (κ2) is 14.0. The molecule has 0 bridgehead atoms. The van der Waals surface area contributed by atoms with Gasteiger partial charge in [-0.3, -0.25) is 4.79 Å². The highest BCUT2D eigenvalue weighted by Crippen LogP contribution is 2.31. The molecule has 2 aromatic heterocycles. The summed E-state index contributed by atoms with van der Waals surface area (Å²) in [4.78, 5) is 31.3. The van der Waals surface area contributed by atoms with Crippen molar-refractivity contribution in [1.29, 1.82) is 0 Å². The summed E-state index contributed by atoms with van der Waals surface area (Å²) >= 11 is 3.03. The Bertz CT molecular complexity index is 1490. The highest BCUT2D eigenvalue weighted by atomic mass is 32.2. The minimum absolute atomic E-state index is 0. The minimum Gasteiger partial charge on any atom is -0.453 e. The third-order valence-electron chi connectivity index (χ3n) is 5.58. The zero-order chi connectivity index (χ0) is 27.8. The van der Waals surface area contributed by atoms with E-state index in [4.69, 9.17) is 19.0 Å². The predicted molar refractivity (Wildman–Crippen MR) is 155 cm³/mol. The third-order valence-corrected chi connectivity index (χ3v) is 7.90. The largest absolute Gasteiger partial charge is 0.453 e. The number of carbonyl (C=O) groups excluding carboxylic acids is 2. The highest BCUT2D eigenvalue weighted by molar-refractivity contribution is 7.84. The Morgan fingerprint density at radius 2 is 1.65 bits per heavy atom. The molecule has 0 aliphatic rings.